The third kappa shape index (κ3) is 3.69. The number of alkyl halides is 3. The first-order chi connectivity index (χ1) is 7.99. The molecule has 8 heteroatoms. The van der Waals surface area contributed by atoms with Crippen LogP contribution in [0.4, 0.5) is 13.2 Å². The summed E-state index contributed by atoms with van der Waals surface area (Å²) in [5.41, 5.74) is 7.65. The van der Waals surface area contributed by atoms with Gasteiger partial charge in [0.25, 0.3) is 0 Å². The lowest BCUT2D eigenvalue weighted by Crippen LogP contribution is -2.07. The molecule has 17 heavy (non-hydrogen) atoms. The lowest BCUT2D eigenvalue weighted by atomic mass is 10.0. The van der Waals surface area contributed by atoms with E-state index in [2.05, 4.69) is 26.8 Å². The minimum Gasteiger partial charge on any atom is -0.211 e. The standard InChI is InChI=1S/C9H7F3N4S/c10-9(11,12)7-3-1-2-6(4-7)8(15-17)5-14-16-13/h1-4,8H,5H2. The van der Waals surface area contributed by atoms with Gasteiger partial charge in [-0.15, -0.1) is 0 Å². The first kappa shape index (κ1) is 13.4. The van der Waals surface area contributed by atoms with E-state index < -0.39 is 17.8 Å². The van der Waals surface area contributed by atoms with Gasteiger partial charge in [0.15, 0.2) is 0 Å². The fourth-order valence-electron chi connectivity index (χ4n) is 1.24. The SMILES string of the molecule is [N-]=[N+]=NCC(N=S)c1cccc(C(F)(F)F)c1. The highest BCUT2D eigenvalue weighted by Gasteiger charge is 2.30. The van der Waals surface area contributed by atoms with Crippen molar-refractivity contribution in [3.63, 3.8) is 0 Å². The summed E-state index contributed by atoms with van der Waals surface area (Å²) in [5, 5.41) is 3.25. The Bertz CT molecular complexity index is 454. The summed E-state index contributed by atoms with van der Waals surface area (Å²) in [7, 11) is 0. The highest BCUT2D eigenvalue weighted by atomic mass is 32.1. The smallest absolute Gasteiger partial charge is 0.211 e. The maximum atomic E-state index is 12.4. The zero-order valence-electron chi connectivity index (χ0n) is 8.42. The van der Waals surface area contributed by atoms with Crippen LogP contribution in [-0.2, 0) is 18.6 Å². The van der Waals surface area contributed by atoms with Gasteiger partial charge in [0.05, 0.1) is 18.2 Å². The Balaban J connectivity index is 3.04. The van der Waals surface area contributed by atoms with Crippen molar-refractivity contribution in [1.82, 2.24) is 0 Å². The van der Waals surface area contributed by atoms with E-state index in [4.69, 9.17) is 5.53 Å². The number of nitrogens with zero attached hydrogens (tertiary/aromatic N) is 4. The minimum atomic E-state index is -4.42. The predicted octanol–water partition coefficient (Wildman–Crippen LogP) is 3.79. The summed E-state index contributed by atoms with van der Waals surface area (Å²) in [6.07, 6.45) is -4.42. The van der Waals surface area contributed by atoms with Gasteiger partial charge in [0.2, 0.25) is 0 Å². The normalized spacial score (nSPS) is 12.6. The fourth-order valence-corrected chi connectivity index (χ4v) is 1.42. The van der Waals surface area contributed by atoms with Gasteiger partial charge in [-0.3, -0.25) is 0 Å². The fraction of sp³-hybridized carbons (Fsp3) is 0.333. The van der Waals surface area contributed by atoms with E-state index in [1.807, 2.05) is 0 Å². The van der Waals surface area contributed by atoms with Crippen LogP contribution in [0, 0.1) is 0 Å². The van der Waals surface area contributed by atoms with Crippen LogP contribution in [0.25, 0.3) is 10.4 Å². The number of azide groups is 1. The molecule has 4 nitrogen and oxygen atoms in total. The molecule has 0 spiro atoms. The molecule has 1 aromatic rings. The largest absolute Gasteiger partial charge is 0.416 e. The monoisotopic (exact) mass is 260 g/mol. The van der Waals surface area contributed by atoms with Crippen molar-refractivity contribution in [3.8, 4) is 0 Å². The molecule has 1 unspecified atom stereocenters. The van der Waals surface area contributed by atoms with Gasteiger partial charge in [-0.05, 0) is 23.2 Å². The predicted molar refractivity (Wildman–Crippen MR) is 58.0 cm³/mol. The third-order valence-corrected chi connectivity index (χ3v) is 2.30. The van der Waals surface area contributed by atoms with Crippen molar-refractivity contribution < 1.29 is 13.2 Å². The summed E-state index contributed by atoms with van der Waals surface area (Å²) in [4.78, 5) is 2.52. The molecule has 90 valence electrons. The molecule has 0 aromatic heterocycles. The van der Waals surface area contributed by atoms with Crippen LogP contribution in [0.1, 0.15) is 17.2 Å². The maximum Gasteiger partial charge on any atom is 0.416 e. The molecule has 0 aliphatic heterocycles. The van der Waals surface area contributed by atoms with Crippen LogP contribution in [0.5, 0.6) is 0 Å². The molecule has 0 heterocycles. The van der Waals surface area contributed by atoms with E-state index in [0.717, 1.165) is 12.1 Å². The van der Waals surface area contributed by atoms with Crippen molar-refractivity contribution in [2.24, 2.45) is 9.48 Å². The Morgan fingerprint density at radius 2 is 2.12 bits per heavy atom. The van der Waals surface area contributed by atoms with Gasteiger partial charge in [0, 0.05) is 17.3 Å². The molecule has 0 amide bonds. The van der Waals surface area contributed by atoms with E-state index in [1.54, 1.807) is 0 Å². The van der Waals surface area contributed by atoms with Crippen molar-refractivity contribution in [3.05, 3.63) is 45.8 Å². The molecule has 0 radical (unpaired) electrons. The summed E-state index contributed by atoms with van der Waals surface area (Å²) < 4.78 is 40.8. The van der Waals surface area contributed by atoms with Crippen molar-refractivity contribution in [2.75, 3.05) is 6.54 Å². The quantitative estimate of drug-likeness (QED) is 0.461. The molecule has 0 bridgehead atoms. The molecule has 0 saturated carbocycles. The van der Waals surface area contributed by atoms with Crippen LogP contribution >= 0.6 is 0 Å². The van der Waals surface area contributed by atoms with Gasteiger partial charge >= 0.3 is 6.18 Å². The summed E-state index contributed by atoms with van der Waals surface area (Å²) in [6.45, 7) is -0.0959. The molecule has 0 aliphatic carbocycles. The van der Waals surface area contributed by atoms with Crippen LogP contribution in [-0.4, -0.2) is 6.54 Å². The Kier molecular flexibility index (Phi) is 4.42. The average Bonchev–Trinajstić information content (AvgIpc) is 2.29. The number of benzene rings is 1. The van der Waals surface area contributed by atoms with Gasteiger partial charge < -0.3 is 0 Å². The first-order valence-electron chi connectivity index (χ1n) is 4.49. The van der Waals surface area contributed by atoms with E-state index in [-0.39, 0.29) is 12.1 Å². The highest BCUT2D eigenvalue weighted by molar-refractivity contribution is 7.47. The second kappa shape index (κ2) is 5.60. The average molecular weight is 260 g/mol. The lowest BCUT2D eigenvalue weighted by molar-refractivity contribution is -0.137. The zero-order valence-corrected chi connectivity index (χ0v) is 9.24. The van der Waals surface area contributed by atoms with Crippen molar-refractivity contribution >= 4 is 12.4 Å². The Morgan fingerprint density at radius 1 is 1.41 bits per heavy atom. The molecule has 1 aromatic carbocycles. The van der Waals surface area contributed by atoms with E-state index >= 15 is 0 Å². The Labute approximate surface area is 100 Å². The van der Waals surface area contributed by atoms with Crippen LogP contribution in [0.2, 0.25) is 0 Å². The number of rotatable bonds is 4. The maximum absolute atomic E-state index is 12.4. The number of halogens is 3. The summed E-state index contributed by atoms with van der Waals surface area (Å²) in [5.74, 6) is 0. The molecule has 1 atom stereocenters. The Hall–Kier alpha value is -1.66. The van der Waals surface area contributed by atoms with E-state index in [0.29, 0.717) is 0 Å². The van der Waals surface area contributed by atoms with Gasteiger partial charge in [0.1, 0.15) is 0 Å². The van der Waals surface area contributed by atoms with Gasteiger partial charge in [-0.1, -0.05) is 17.2 Å². The molecule has 0 N–H and O–H groups in total. The zero-order chi connectivity index (χ0) is 12.9. The third-order valence-electron chi connectivity index (χ3n) is 2.04. The van der Waals surface area contributed by atoms with Crippen LogP contribution < -0.4 is 0 Å². The van der Waals surface area contributed by atoms with Crippen molar-refractivity contribution in [1.29, 1.82) is 0 Å². The van der Waals surface area contributed by atoms with E-state index in [9.17, 15) is 13.2 Å². The van der Waals surface area contributed by atoms with E-state index in [1.165, 1.54) is 12.1 Å². The summed E-state index contributed by atoms with van der Waals surface area (Å²) in [6, 6.07) is 3.90. The van der Waals surface area contributed by atoms with Crippen molar-refractivity contribution in [2.45, 2.75) is 12.2 Å². The molecular weight excluding hydrogens is 253 g/mol. The lowest BCUT2D eigenvalue weighted by Gasteiger charge is -2.11. The second-order valence-corrected chi connectivity index (χ2v) is 3.37. The number of hydrogen-bond donors (Lipinski definition) is 0. The topological polar surface area (TPSA) is 61.1 Å². The van der Waals surface area contributed by atoms with Gasteiger partial charge in [-0.2, -0.15) is 13.2 Å². The number of hydrogen-bond acceptors (Lipinski definition) is 3. The Morgan fingerprint density at radius 3 is 2.65 bits per heavy atom. The molecule has 1 rings (SSSR count). The molecule has 0 saturated heterocycles. The molecule has 0 fully saturated rings. The van der Waals surface area contributed by atoms with Crippen LogP contribution in [0.3, 0.4) is 0 Å². The molecule has 0 aliphatic rings. The summed E-state index contributed by atoms with van der Waals surface area (Å²) >= 11 is 4.47. The van der Waals surface area contributed by atoms with Gasteiger partial charge in [-0.25, -0.2) is 4.36 Å². The second-order valence-electron chi connectivity index (χ2n) is 3.16. The first-order valence-corrected chi connectivity index (χ1v) is 4.86. The highest BCUT2D eigenvalue weighted by Crippen LogP contribution is 2.31. The van der Waals surface area contributed by atoms with Crippen LogP contribution in [0.15, 0.2) is 33.7 Å². The minimum absolute atomic E-state index is 0.0959. The molecular formula is C9H7F3N4S.